The summed E-state index contributed by atoms with van der Waals surface area (Å²) in [6, 6.07) is 2.63. The highest BCUT2D eigenvalue weighted by atomic mass is 35.5. The molecule has 88 valence electrons. The summed E-state index contributed by atoms with van der Waals surface area (Å²) in [6.07, 6.45) is 5.37. The van der Waals surface area contributed by atoms with Crippen molar-refractivity contribution >= 4 is 11.6 Å². The Morgan fingerprint density at radius 3 is 3.00 bits per heavy atom. The molecule has 1 aliphatic rings. The third kappa shape index (κ3) is 3.35. The van der Waals surface area contributed by atoms with Crippen LogP contribution in [-0.2, 0) is 6.54 Å². The van der Waals surface area contributed by atoms with E-state index in [2.05, 4.69) is 17.2 Å². The minimum absolute atomic E-state index is 0.540. The van der Waals surface area contributed by atoms with Crippen LogP contribution >= 0.6 is 11.6 Å². The molecule has 0 aromatic carbocycles. The van der Waals surface area contributed by atoms with E-state index in [9.17, 15) is 0 Å². The van der Waals surface area contributed by atoms with Gasteiger partial charge in [-0.05, 0) is 30.9 Å². The average molecular weight is 241 g/mol. The summed E-state index contributed by atoms with van der Waals surface area (Å²) in [5.74, 6) is 0.540. The summed E-state index contributed by atoms with van der Waals surface area (Å²) in [5.41, 5.74) is 1.11. The van der Waals surface area contributed by atoms with Gasteiger partial charge in [-0.3, -0.25) is 0 Å². The Hall–Kier alpha value is -0.800. The van der Waals surface area contributed by atoms with E-state index in [4.69, 9.17) is 16.3 Å². The molecule has 0 amide bonds. The van der Waals surface area contributed by atoms with Crippen LogP contribution in [0.2, 0.25) is 5.02 Å². The van der Waals surface area contributed by atoms with Crippen molar-refractivity contribution in [3.05, 3.63) is 22.8 Å². The molecule has 0 spiro atoms. The van der Waals surface area contributed by atoms with E-state index in [0.29, 0.717) is 23.6 Å². The van der Waals surface area contributed by atoms with Crippen LogP contribution in [0.15, 0.2) is 12.3 Å². The van der Waals surface area contributed by atoms with Crippen LogP contribution in [0.3, 0.4) is 0 Å². The topological polar surface area (TPSA) is 34.1 Å². The van der Waals surface area contributed by atoms with E-state index in [1.54, 1.807) is 0 Å². The molecule has 4 heteroatoms. The van der Waals surface area contributed by atoms with E-state index in [-0.39, 0.29) is 0 Å². The quantitative estimate of drug-likeness (QED) is 0.830. The van der Waals surface area contributed by atoms with Gasteiger partial charge in [0.15, 0.2) is 0 Å². The molecule has 16 heavy (non-hydrogen) atoms. The largest absolute Gasteiger partial charge is 0.477 e. The molecular weight excluding hydrogens is 224 g/mol. The van der Waals surface area contributed by atoms with Crippen LogP contribution in [0, 0.1) is 0 Å². The van der Waals surface area contributed by atoms with Crippen LogP contribution in [0.25, 0.3) is 0 Å². The standard InChI is InChI=1S/C12H17ClN2O/c1-2-5-16-12-11(13)6-9(8-15-12)7-14-10-3-4-10/h6,8,10,14H,2-5,7H2,1H3. The zero-order chi connectivity index (χ0) is 11.4. The fraction of sp³-hybridized carbons (Fsp3) is 0.583. The van der Waals surface area contributed by atoms with Gasteiger partial charge in [-0.15, -0.1) is 0 Å². The van der Waals surface area contributed by atoms with Crippen LogP contribution < -0.4 is 10.1 Å². The predicted molar refractivity (Wildman–Crippen MR) is 64.9 cm³/mol. The summed E-state index contributed by atoms with van der Waals surface area (Å²) < 4.78 is 5.42. The number of pyridine rings is 1. The number of halogens is 1. The van der Waals surface area contributed by atoms with Gasteiger partial charge in [-0.25, -0.2) is 4.98 Å². The van der Waals surface area contributed by atoms with Crippen LogP contribution in [0.5, 0.6) is 5.88 Å². The van der Waals surface area contributed by atoms with Crippen LogP contribution in [0.1, 0.15) is 31.7 Å². The minimum atomic E-state index is 0.540. The molecule has 0 atom stereocenters. The maximum absolute atomic E-state index is 6.08. The maximum Gasteiger partial charge on any atom is 0.232 e. The number of hydrogen-bond donors (Lipinski definition) is 1. The lowest BCUT2D eigenvalue weighted by molar-refractivity contribution is 0.305. The van der Waals surface area contributed by atoms with Crippen molar-refractivity contribution < 1.29 is 4.74 Å². The van der Waals surface area contributed by atoms with E-state index < -0.39 is 0 Å². The molecule has 0 saturated heterocycles. The lowest BCUT2D eigenvalue weighted by atomic mass is 10.3. The molecule has 1 fully saturated rings. The molecule has 1 aliphatic carbocycles. The number of rotatable bonds is 6. The Labute approximate surface area is 101 Å². The SMILES string of the molecule is CCCOc1ncc(CNC2CC2)cc1Cl. The van der Waals surface area contributed by atoms with Gasteiger partial charge in [0, 0.05) is 18.8 Å². The van der Waals surface area contributed by atoms with Crippen molar-refractivity contribution in [3.8, 4) is 5.88 Å². The first kappa shape index (κ1) is 11.7. The molecule has 1 saturated carbocycles. The Morgan fingerprint density at radius 1 is 1.56 bits per heavy atom. The molecule has 1 aromatic heterocycles. The smallest absolute Gasteiger partial charge is 0.232 e. The molecule has 0 unspecified atom stereocenters. The predicted octanol–water partition coefficient (Wildman–Crippen LogP) is 2.78. The van der Waals surface area contributed by atoms with E-state index in [0.717, 1.165) is 18.5 Å². The van der Waals surface area contributed by atoms with E-state index in [1.807, 2.05) is 12.3 Å². The number of ether oxygens (including phenoxy) is 1. The zero-order valence-electron chi connectivity index (χ0n) is 9.50. The first-order valence-corrected chi connectivity index (χ1v) is 6.18. The van der Waals surface area contributed by atoms with Crippen molar-refractivity contribution in [1.29, 1.82) is 0 Å². The van der Waals surface area contributed by atoms with Crippen molar-refractivity contribution in [2.45, 2.75) is 38.8 Å². The number of nitrogens with one attached hydrogen (secondary N) is 1. The second-order valence-corrected chi connectivity index (χ2v) is 4.54. The third-order valence-electron chi connectivity index (χ3n) is 2.48. The highest BCUT2D eigenvalue weighted by molar-refractivity contribution is 6.31. The fourth-order valence-electron chi connectivity index (χ4n) is 1.42. The molecule has 0 radical (unpaired) electrons. The van der Waals surface area contributed by atoms with Crippen molar-refractivity contribution in [2.75, 3.05) is 6.61 Å². The van der Waals surface area contributed by atoms with Crippen LogP contribution in [0.4, 0.5) is 0 Å². The lowest BCUT2D eigenvalue weighted by Crippen LogP contribution is -2.15. The molecule has 0 aliphatic heterocycles. The highest BCUT2D eigenvalue weighted by Gasteiger charge is 2.20. The van der Waals surface area contributed by atoms with Gasteiger partial charge >= 0.3 is 0 Å². The maximum atomic E-state index is 6.08. The Kier molecular flexibility index (Phi) is 4.02. The third-order valence-corrected chi connectivity index (χ3v) is 2.75. The molecule has 3 nitrogen and oxygen atoms in total. The number of nitrogens with zero attached hydrogens (tertiary/aromatic N) is 1. The highest BCUT2D eigenvalue weighted by Crippen LogP contribution is 2.23. The minimum Gasteiger partial charge on any atom is -0.477 e. The molecule has 0 bridgehead atoms. The van der Waals surface area contributed by atoms with Crippen LogP contribution in [-0.4, -0.2) is 17.6 Å². The molecule has 1 heterocycles. The lowest BCUT2D eigenvalue weighted by Gasteiger charge is -2.07. The number of hydrogen-bond acceptors (Lipinski definition) is 3. The van der Waals surface area contributed by atoms with Gasteiger partial charge in [0.1, 0.15) is 5.02 Å². The first-order chi connectivity index (χ1) is 7.79. The van der Waals surface area contributed by atoms with Gasteiger partial charge in [0.05, 0.1) is 6.61 Å². The Balaban J connectivity index is 1.91. The summed E-state index contributed by atoms with van der Waals surface area (Å²) >= 11 is 6.08. The fourth-order valence-corrected chi connectivity index (χ4v) is 1.66. The van der Waals surface area contributed by atoms with Crippen molar-refractivity contribution in [3.63, 3.8) is 0 Å². The van der Waals surface area contributed by atoms with Gasteiger partial charge in [-0.1, -0.05) is 18.5 Å². The molecular formula is C12H17ClN2O. The molecule has 1 aromatic rings. The Bertz CT molecular complexity index is 353. The van der Waals surface area contributed by atoms with Crippen molar-refractivity contribution in [2.24, 2.45) is 0 Å². The second kappa shape index (κ2) is 5.51. The van der Waals surface area contributed by atoms with E-state index >= 15 is 0 Å². The summed E-state index contributed by atoms with van der Waals surface area (Å²) in [6.45, 7) is 3.56. The molecule has 1 N–H and O–H groups in total. The Morgan fingerprint density at radius 2 is 2.38 bits per heavy atom. The first-order valence-electron chi connectivity index (χ1n) is 5.80. The van der Waals surface area contributed by atoms with Crippen molar-refractivity contribution in [1.82, 2.24) is 10.3 Å². The monoisotopic (exact) mass is 240 g/mol. The van der Waals surface area contributed by atoms with E-state index in [1.165, 1.54) is 12.8 Å². The van der Waals surface area contributed by atoms with Gasteiger partial charge in [0.2, 0.25) is 5.88 Å². The molecule has 2 rings (SSSR count). The zero-order valence-corrected chi connectivity index (χ0v) is 10.3. The normalized spacial score (nSPS) is 15.1. The summed E-state index contributed by atoms with van der Waals surface area (Å²) in [7, 11) is 0. The average Bonchev–Trinajstić information content (AvgIpc) is 3.09. The van der Waals surface area contributed by atoms with Gasteiger partial charge < -0.3 is 10.1 Å². The van der Waals surface area contributed by atoms with Gasteiger partial charge in [-0.2, -0.15) is 0 Å². The second-order valence-electron chi connectivity index (χ2n) is 4.13. The number of aromatic nitrogens is 1. The summed E-state index contributed by atoms with van der Waals surface area (Å²) in [5, 5.41) is 4.02. The van der Waals surface area contributed by atoms with Gasteiger partial charge in [0.25, 0.3) is 0 Å². The summed E-state index contributed by atoms with van der Waals surface area (Å²) in [4.78, 5) is 4.22.